The SMILES string of the molecule is NC(=O)c1cccc(OCCC(=O)NC2CCCc3cc(N)ccc32)c1. The molecule has 0 radical (unpaired) electrons. The van der Waals surface area contributed by atoms with Crippen LogP contribution in [0.3, 0.4) is 0 Å². The third-order valence-corrected chi connectivity index (χ3v) is 4.53. The number of carbonyl (C=O) groups is 2. The first-order valence-electron chi connectivity index (χ1n) is 8.73. The molecule has 1 aliphatic rings. The van der Waals surface area contributed by atoms with Crippen molar-refractivity contribution in [3.05, 3.63) is 59.2 Å². The molecule has 2 aromatic carbocycles. The molecule has 1 atom stereocenters. The molecular weight excluding hydrogens is 330 g/mol. The number of rotatable bonds is 6. The zero-order valence-electron chi connectivity index (χ0n) is 14.5. The smallest absolute Gasteiger partial charge is 0.248 e. The molecule has 26 heavy (non-hydrogen) atoms. The molecule has 0 saturated carbocycles. The van der Waals surface area contributed by atoms with E-state index >= 15 is 0 Å². The molecule has 0 bridgehead atoms. The van der Waals surface area contributed by atoms with Crippen LogP contribution in [0.25, 0.3) is 0 Å². The van der Waals surface area contributed by atoms with E-state index in [1.54, 1.807) is 24.3 Å². The van der Waals surface area contributed by atoms with E-state index in [1.807, 2.05) is 18.2 Å². The number of ether oxygens (including phenoxy) is 1. The van der Waals surface area contributed by atoms with Gasteiger partial charge in [-0.3, -0.25) is 9.59 Å². The van der Waals surface area contributed by atoms with Crippen molar-refractivity contribution in [2.24, 2.45) is 5.73 Å². The molecule has 0 spiro atoms. The number of nitrogens with two attached hydrogens (primary N) is 2. The van der Waals surface area contributed by atoms with Crippen molar-refractivity contribution in [2.45, 2.75) is 31.7 Å². The lowest BCUT2D eigenvalue weighted by Gasteiger charge is -2.26. The zero-order valence-corrected chi connectivity index (χ0v) is 14.5. The number of hydrogen-bond acceptors (Lipinski definition) is 4. The lowest BCUT2D eigenvalue weighted by Crippen LogP contribution is -2.31. The Morgan fingerprint density at radius 2 is 2.04 bits per heavy atom. The van der Waals surface area contributed by atoms with Crippen molar-refractivity contribution in [1.29, 1.82) is 0 Å². The molecule has 2 amide bonds. The van der Waals surface area contributed by atoms with Crippen LogP contribution in [0, 0.1) is 0 Å². The van der Waals surface area contributed by atoms with Crippen LogP contribution in [0.15, 0.2) is 42.5 Å². The second kappa shape index (κ2) is 7.91. The van der Waals surface area contributed by atoms with Crippen LogP contribution in [0.5, 0.6) is 5.75 Å². The van der Waals surface area contributed by atoms with Gasteiger partial charge in [0.15, 0.2) is 0 Å². The monoisotopic (exact) mass is 353 g/mol. The van der Waals surface area contributed by atoms with Crippen molar-refractivity contribution in [3.63, 3.8) is 0 Å². The molecule has 5 N–H and O–H groups in total. The highest BCUT2D eigenvalue weighted by atomic mass is 16.5. The van der Waals surface area contributed by atoms with Crippen LogP contribution in [0.1, 0.15) is 46.8 Å². The molecule has 0 saturated heterocycles. The first kappa shape index (κ1) is 17.8. The van der Waals surface area contributed by atoms with Crippen LogP contribution >= 0.6 is 0 Å². The van der Waals surface area contributed by atoms with Crippen LogP contribution in [0.2, 0.25) is 0 Å². The Labute approximate surface area is 152 Å². The van der Waals surface area contributed by atoms with Gasteiger partial charge in [-0.2, -0.15) is 0 Å². The highest BCUT2D eigenvalue weighted by Crippen LogP contribution is 2.31. The van der Waals surface area contributed by atoms with E-state index in [1.165, 1.54) is 5.56 Å². The molecule has 0 heterocycles. The minimum Gasteiger partial charge on any atom is -0.493 e. The molecule has 1 aliphatic carbocycles. The second-order valence-electron chi connectivity index (χ2n) is 6.46. The molecule has 1 unspecified atom stereocenters. The van der Waals surface area contributed by atoms with Crippen molar-refractivity contribution >= 4 is 17.5 Å². The van der Waals surface area contributed by atoms with Gasteiger partial charge in [-0.1, -0.05) is 12.1 Å². The number of amides is 2. The predicted molar refractivity (Wildman–Crippen MR) is 99.7 cm³/mol. The third-order valence-electron chi connectivity index (χ3n) is 4.53. The average molecular weight is 353 g/mol. The predicted octanol–water partition coefficient (Wildman–Crippen LogP) is 2.33. The number of carbonyl (C=O) groups excluding carboxylic acids is 2. The average Bonchev–Trinajstić information content (AvgIpc) is 2.62. The summed E-state index contributed by atoms with van der Waals surface area (Å²) >= 11 is 0. The number of hydrogen-bond donors (Lipinski definition) is 3. The summed E-state index contributed by atoms with van der Waals surface area (Å²) < 4.78 is 5.56. The lowest BCUT2D eigenvalue weighted by atomic mass is 9.87. The quantitative estimate of drug-likeness (QED) is 0.693. The Balaban J connectivity index is 1.52. The standard InChI is InChI=1S/C20H23N3O3/c21-15-7-8-17-13(11-15)3-2-6-18(17)23-19(24)9-10-26-16-5-1-4-14(12-16)20(22)25/h1,4-5,7-8,11-12,18H,2-3,6,9-10,21H2,(H2,22,25)(H,23,24). The highest BCUT2D eigenvalue weighted by Gasteiger charge is 2.21. The van der Waals surface area contributed by atoms with Gasteiger partial charge >= 0.3 is 0 Å². The van der Waals surface area contributed by atoms with E-state index < -0.39 is 5.91 Å². The van der Waals surface area contributed by atoms with Gasteiger partial charge in [-0.25, -0.2) is 0 Å². The van der Waals surface area contributed by atoms with E-state index in [9.17, 15) is 9.59 Å². The number of nitrogens with one attached hydrogen (secondary N) is 1. The van der Waals surface area contributed by atoms with Crippen LogP contribution < -0.4 is 21.5 Å². The molecule has 0 fully saturated rings. The summed E-state index contributed by atoms with van der Waals surface area (Å²) in [6.45, 7) is 0.232. The van der Waals surface area contributed by atoms with Gasteiger partial charge in [0.25, 0.3) is 0 Å². The van der Waals surface area contributed by atoms with Crippen molar-refractivity contribution < 1.29 is 14.3 Å². The zero-order chi connectivity index (χ0) is 18.5. The fraction of sp³-hybridized carbons (Fsp3) is 0.300. The number of benzene rings is 2. The summed E-state index contributed by atoms with van der Waals surface area (Å²) in [5.74, 6) is -0.0527. The fourth-order valence-electron chi connectivity index (χ4n) is 3.25. The topological polar surface area (TPSA) is 107 Å². The Hall–Kier alpha value is -3.02. The molecule has 6 nitrogen and oxygen atoms in total. The minimum atomic E-state index is -0.509. The van der Waals surface area contributed by atoms with E-state index in [4.69, 9.17) is 16.2 Å². The largest absolute Gasteiger partial charge is 0.493 e. The molecule has 3 rings (SSSR count). The van der Waals surface area contributed by atoms with Gasteiger partial charge in [0, 0.05) is 11.3 Å². The van der Waals surface area contributed by atoms with Crippen LogP contribution in [0.4, 0.5) is 5.69 Å². The third kappa shape index (κ3) is 4.33. The Bertz CT molecular complexity index is 820. The second-order valence-corrected chi connectivity index (χ2v) is 6.46. The normalized spacial score (nSPS) is 15.8. The fourth-order valence-corrected chi connectivity index (χ4v) is 3.25. The van der Waals surface area contributed by atoms with Gasteiger partial charge in [-0.05, 0) is 60.7 Å². The lowest BCUT2D eigenvalue weighted by molar-refractivity contribution is -0.122. The summed E-state index contributed by atoms with van der Waals surface area (Å²) in [5, 5.41) is 3.08. The summed E-state index contributed by atoms with van der Waals surface area (Å²) in [7, 11) is 0. The van der Waals surface area contributed by atoms with Gasteiger partial charge in [0.05, 0.1) is 19.1 Å². The Kier molecular flexibility index (Phi) is 5.41. The maximum Gasteiger partial charge on any atom is 0.248 e. The summed E-state index contributed by atoms with van der Waals surface area (Å²) in [6.07, 6.45) is 3.18. The molecular formula is C20H23N3O3. The van der Waals surface area contributed by atoms with Crippen molar-refractivity contribution in [1.82, 2.24) is 5.32 Å². The van der Waals surface area contributed by atoms with E-state index in [0.717, 1.165) is 30.5 Å². The van der Waals surface area contributed by atoms with Gasteiger partial charge in [0.2, 0.25) is 11.8 Å². The number of aryl methyl sites for hydroxylation is 1. The number of nitrogen functional groups attached to an aromatic ring is 1. The molecule has 6 heteroatoms. The summed E-state index contributed by atoms with van der Waals surface area (Å²) in [5.41, 5.74) is 14.6. The summed E-state index contributed by atoms with van der Waals surface area (Å²) in [6, 6.07) is 12.5. The molecule has 2 aromatic rings. The maximum atomic E-state index is 12.3. The maximum absolute atomic E-state index is 12.3. The number of anilines is 1. The Morgan fingerprint density at radius 3 is 2.85 bits per heavy atom. The van der Waals surface area contributed by atoms with Crippen LogP contribution in [-0.4, -0.2) is 18.4 Å². The van der Waals surface area contributed by atoms with E-state index in [0.29, 0.717) is 11.3 Å². The van der Waals surface area contributed by atoms with Crippen molar-refractivity contribution in [3.8, 4) is 5.75 Å². The van der Waals surface area contributed by atoms with Crippen molar-refractivity contribution in [2.75, 3.05) is 12.3 Å². The van der Waals surface area contributed by atoms with Gasteiger partial charge in [-0.15, -0.1) is 0 Å². The Morgan fingerprint density at radius 1 is 1.19 bits per heavy atom. The van der Waals surface area contributed by atoms with Gasteiger partial charge < -0.3 is 21.5 Å². The minimum absolute atomic E-state index is 0.0186. The summed E-state index contributed by atoms with van der Waals surface area (Å²) in [4.78, 5) is 23.4. The highest BCUT2D eigenvalue weighted by molar-refractivity contribution is 5.93. The number of fused-ring (bicyclic) bond motifs is 1. The number of primary amides is 1. The van der Waals surface area contributed by atoms with Gasteiger partial charge in [0.1, 0.15) is 5.75 Å². The van der Waals surface area contributed by atoms with E-state index in [2.05, 4.69) is 5.32 Å². The van der Waals surface area contributed by atoms with Crippen LogP contribution in [-0.2, 0) is 11.2 Å². The molecule has 0 aromatic heterocycles. The first-order chi connectivity index (χ1) is 12.5. The molecule has 136 valence electrons. The van der Waals surface area contributed by atoms with E-state index in [-0.39, 0.29) is 25.0 Å². The first-order valence-corrected chi connectivity index (χ1v) is 8.73. The molecule has 0 aliphatic heterocycles.